The molecule has 0 aromatic rings. The van der Waals surface area contributed by atoms with E-state index in [1.165, 1.54) is 12.8 Å². The first-order valence-corrected chi connectivity index (χ1v) is 6.32. The Kier molecular flexibility index (Phi) is 6.43. The fraction of sp³-hybridized carbons (Fsp3) is 0.714. The van der Waals surface area contributed by atoms with Crippen LogP contribution in [0.3, 0.4) is 0 Å². The van der Waals surface area contributed by atoms with Crippen LogP contribution in [-0.4, -0.2) is 25.8 Å². The highest BCUT2D eigenvalue weighted by Crippen LogP contribution is 2.25. The molecule has 0 heterocycles. The van der Waals surface area contributed by atoms with E-state index in [0.717, 1.165) is 25.6 Å². The molecule has 2 nitrogen and oxygen atoms in total. The number of hydrogen-bond donors (Lipinski definition) is 1. The Morgan fingerprint density at radius 1 is 1.50 bits per heavy atom. The molecule has 1 rings (SSSR count). The predicted octanol–water partition coefficient (Wildman–Crippen LogP) is 2.77. The number of hydrogen-bond acceptors (Lipinski definition) is 2. The summed E-state index contributed by atoms with van der Waals surface area (Å²) in [6.45, 7) is 10.8. The first kappa shape index (κ1) is 13.5. The van der Waals surface area contributed by atoms with Crippen LogP contribution in [0.4, 0.5) is 0 Å². The lowest BCUT2D eigenvalue weighted by Gasteiger charge is -2.26. The molecule has 1 aliphatic rings. The highest BCUT2D eigenvalue weighted by molar-refractivity contribution is 4.93. The van der Waals surface area contributed by atoms with Gasteiger partial charge >= 0.3 is 0 Å². The molecule has 0 spiro atoms. The summed E-state index contributed by atoms with van der Waals surface area (Å²) in [5.74, 6) is 1.46. The van der Waals surface area contributed by atoms with Gasteiger partial charge in [0.25, 0.3) is 0 Å². The highest BCUT2D eigenvalue weighted by Gasteiger charge is 2.19. The van der Waals surface area contributed by atoms with E-state index < -0.39 is 0 Å². The van der Waals surface area contributed by atoms with Crippen molar-refractivity contribution in [2.45, 2.75) is 32.8 Å². The number of rotatable bonds is 7. The zero-order chi connectivity index (χ0) is 11.8. The zero-order valence-corrected chi connectivity index (χ0v) is 10.6. The van der Waals surface area contributed by atoms with Gasteiger partial charge in [-0.3, -0.25) is 0 Å². The Hall–Kier alpha value is -0.600. The van der Waals surface area contributed by atoms with E-state index >= 15 is 0 Å². The van der Waals surface area contributed by atoms with Crippen molar-refractivity contribution >= 4 is 0 Å². The first-order chi connectivity index (χ1) is 7.74. The van der Waals surface area contributed by atoms with Crippen LogP contribution >= 0.6 is 0 Å². The maximum atomic E-state index is 5.87. The van der Waals surface area contributed by atoms with Crippen molar-refractivity contribution in [3.63, 3.8) is 0 Å². The molecule has 0 radical (unpaired) electrons. The SMILES string of the molecule is C=CCNCC(C)OCC1CC=CCC1C. The molecule has 0 aliphatic heterocycles. The van der Waals surface area contributed by atoms with Crippen LogP contribution in [0.5, 0.6) is 0 Å². The molecule has 0 fully saturated rings. The van der Waals surface area contributed by atoms with Crippen LogP contribution in [0.1, 0.15) is 26.7 Å². The van der Waals surface area contributed by atoms with E-state index in [9.17, 15) is 0 Å². The fourth-order valence-corrected chi connectivity index (χ4v) is 1.97. The normalized spacial score (nSPS) is 26.6. The van der Waals surface area contributed by atoms with E-state index in [4.69, 9.17) is 4.74 Å². The number of ether oxygens (including phenoxy) is 1. The van der Waals surface area contributed by atoms with E-state index in [2.05, 4.69) is 37.9 Å². The second kappa shape index (κ2) is 7.64. The zero-order valence-electron chi connectivity index (χ0n) is 10.6. The summed E-state index contributed by atoms with van der Waals surface area (Å²) in [4.78, 5) is 0. The third-order valence-electron chi connectivity index (χ3n) is 3.23. The Balaban J connectivity index is 2.13. The van der Waals surface area contributed by atoms with Gasteiger partial charge in [0.1, 0.15) is 0 Å². The lowest BCUT2D eigenvalue weighted by atomic mass is 9.85. The molecule has 1 aliphatic carbocycles. The standard InChI is InChI=1S/C14H25NO/c1-4-9-15-10-13(3)16-11-14-8-6-5-7-12(14)2/h4-6,12-15H,1,7-11H2,2-3H3. The Morgan fingerprint density at radius 3 is 2.94 bits per heavy atom. The maximum absolute atomic E-state index is 5.87. The van der Waals surface area contributed by atoms with Crippen molar-refractivity contribution in [2.24, 2.45) is 11.8 Å². The van der Waals surface area contributed by atoms with Gasteiger partial charge in [-0.15, -0.1) is 6.58 Å². The fourth-order valence-electron chi connectivity index (χ4n) is 1.97. The summed E-state index contributed by atoms with van der Waals surface area (Å²) in [7, 11) is 0. The van der Waals surface area contributed by atoms with Gasteiger partial charge in [0.05, 0.1) is 12.7 Å². The molecule has 0 saturated heterocycles. The molecule has 1 N–H and O–H groups in total. The van der Waals surface area contributed by atoms with Crippen molar-refractivity contribution in [2.75, 3.05) is 19.7 Å². The monoisotopic (exact) mass is 223 g/mol. The maximum Gasteiger partial charge on any atom is 0.0671 e. The summed E-state index contributed by atoms with van der Waals surface area (Å²) in [6.07, 6.45) is 9.12. The van der Waals surface area contributed by atoms with Gasteiger partial charge in [0.15, 0.2) is 0 Å². The number of allylic oxidation sites excluding steroid dienone is 2. The third-order valence-corrected chi connectivity index (χ3v) is 3.23. The summed E-state index contributed by atoms with van der Waals surface area (Å²) in [6, 6.07) is 0. The van der Waals surface area contributed by atoms with Crippen LogP contribution in [0.15, 0.2) is 24.8 Å². The molecule has 3 atom stereocenters. The van der Waals surface area contributed by atoms with Gasteiger partial charge in [-0.1, -0.05) is 25.2 Å². The average Bonchev–Trinajstić information content (AvgIpc) is 2.28. The predicted molar refractivity (Wildman–Crippen MR) is 69.5 cm³/mol. The van der Waals surface area contributed by atoms with E-state index in [1.807, 2.05) is 6.08 Å². The molecule has 0 bridgehead atoms. The van der Waals surface area contributed by atoms with Gasteiger partial charge in [0.2, 0.25) is 0 Å². The van der Waals surface area contributed by atoms with Gasteiger partial charge in [-0.05, 0) is 31.6 Å². The lowest BCUT2D eigenvalue weighted by molar-refractivity contribution is 0.0275. The highest BCUT2D eigenvalue weighted by atomic mass is 16.5. The van der Waals surface area contributed by atoms with Crippen LogP contribution < -0.4 is 5.32 Å². The van der Waals surface area contributed by atoms with Crippen molar-refractivity contribution in [1.82, 2.24) is 5.32 Å². The van der Waals surface area contributed by atoms with Gasteiger partial charge in [-0.2, -0.15) is 0 Å². The van der Waals surface area contributed by atoms with Crippen molar-refractivity contribution in [3.8, 4) is 0 Å². The molecule has 0 amide bonds. The number of nitrogens with one attached hydrogen (secondary N) is 1. The Labute approximate surface area is 99.8 Å². The summed E-state index contributed by atoms with van der Waals surface area (Å²) in [5, 5.41) is 3.28. The molecular weight excluding hydrogens is 198 g/mol. The Morgan fingerprint density at radius 2 is 2.25 bits per heavy atom. The van der Waals surface area contributed by atoms with Crippen LogP contribution in [0, 0.1) is 11.8 Å². The van der Waals surface area contributed by atoms with Crippen LogP contribution in [0.25, 0.3) is 0 Å². The molecular formula is C14H25NO. The average molecular weight is 223 g/mol. The minimum absolute atomic E-state index is 0.290. The first-order valence-electron chi connectivity index (χ1n) is 6.32. The van der Waals surface area contributed by atoms with Gasteiger partial charge in [-0.25, -0.2) is 0 Å². The van der Waals surface area contributed by atoms with Crippen molar-refractivity contribution < 1.29 is 4.74 Å². The second-order valence-electron chi connectivity index (χ2n) is 4.77. The minimum atomic E-state index is 0.290. The van der Waals surface area contributed by atoms with Gasteiger partial charge in [0, 0.05) is 13.1 Å². The lowest BCUT2D eigenvalue weighted by Crippen LogP contribution is -2.30. The summed E-state index contributed by atoms with van der Waals surface area (Å²) >= 11 is 0. The van der Waals surface area contributed by atoms with Crippen LogP contribution in [0.2, 0.25) is 0 Å². The third kappa shape index (κ3) is 4.95. The second-order valence-corrected chi connectivity index (χ2v) is 4.77. The van der Waals surface area contributed by atoms with Crippen LogP contribution in [-0.2, 0) is 4.74 Å². The smallest absolute Gasteiger partial charge is 0.0671 e. The molecule has 0 aromatic carbocycles. The van der Waals surface area contributed by atoms with Crippen molar-refractivity contribution in [3.05, 3.63) is 24.8 Å². The van der Waals surface area contributed by atoms with E-state index in [1.54, 1.807) is 0 Å². The molecule has 3 unspecified atom stereocenters. The topological polar surface area (TPSA) is 21.3 Å². The largest absolute Gasteiger partial charge is 0.377 e. The van der Waals surface area contributed by atoms with E-state index in [0.29, 0.717) is 5.92 Å². The van der Waals surface area contributed by atoms with Gasteiger partial charge < -0.3 is 10.1 Å². The minimum Gasteiger partial charge on any atom is -0.377 e. The molecule has 0 aromatic heterocycles. The molecule has 2 heteroatoms. The summed E-state index contributed by atoms with van der Waals surface area (Å²) in [5.41, 5.74) is 0. The Bertz CT molecular complexity index is 225. The molecule has 92 valence electrons. The van der Waals surface area contributed by atoms with E-state index in [-0.39, 0.29) is 6.10 Å². The quantitative estimate of drug-likeness (QED) is 0.529. The molecule has 0 saturated carbocycles. The molecule has 16 heavy (non-hydrogen) atoms. The summed E-state index contributed by atoms with van der Waals surface area (Å²) < 4.78 is 5.87. The van der Waals surface area contributed by atoms with Crippen molar-refractivity contribution in [1.29, 1.82) is 0 Å².